The first-order chi connectivity index (χ1) is 12.9. The molecule has 0 radical (unpaired) electrons. The van der Waals surface area contributed by atoms with E-state index in [1.807, 2.05) is 12.1 Å². The highest BCUT2D eigenvalue weighted by Gasteiger charge is 2.18. The Balaban J connectivity index is 1.52. The van der Waals surface area contributed by atoms with Gasteiger partial charge >= 0.3 is 5.76 Å². The second kappa shape index (κ2) is 6.77. The predicted octanol–water partition coefficient (Wildman–Crippen LogP) is 3.16. The van der Waals surface area contributed by atoms with E-state index in [0.29, 0.717) is 11.2 Å². The number of aromatic amines is 1. The molecule has 4 rings (SSSR count). The van der Waals surface area contributed by atoms with Gasteiger partial charge in [0.1, 0.15) is 0 Å². The highest BCUT2D eigenvalue weighted by Crippen LogP contribution is 2.25. The van der Waals surface area contributed by atoms with E-state index in [9.17, 15) is 13.2 Å². The minimum atomic E-state index is -3.78. The van der Waals surface area contributed by atoms with Gasteiger partial charge in [-0.05, 0) is 55.2 Å². The van der Waals surface area contributed by atoms with Gasteiger partial charge in [0.05, 0.1) is 10.4 Å². The van der Waals surface area contributed by atoms with Crippen molar-refractivity contribution in [2.75, 3.05) is 22.7 Å². The lowest BCUT2D eigenvalue weighted by Gasteiger charge is -2.32. The van der Waals surface area contributed by atoms with E-state index in [1.165, 1.54) is 31.0 Å². The number of hydrogen-bond donors (Lipinski definition) is 2. The van der Waals surface area contributed by atoms with Crippen LogP contribution in [0.25, 0.3) is 11.1 Å². The van der Waals surface area contributed by atoms with Crippen LogP contribution in [0.2, 0.25) is 0 Å². The molecule has 1 fully saturated rings. The normalized spacial score (nSPS) is 16.0. The van der Waals surface area contributed by atoms with Crippen LogP contribution < -0.4 is 15.4 Å². The Hall–Kier alpha value is -2.74. The van der Waals surface area contributed by atoms with Crippen LogP contribution in [0.4, 0.5) is 11.4 Å². The number of sulfonamides is 1. The molecule has 1 aliphatic rings. The fraction of sp³-hybridized carbons (Fsp3) is 0.316. The van der Waals surface area contributed by atoms with Gasteiger partial charge in [0, 0.05) is 30.5 Å². The van der Waals surface area contributed by atoms with Gasteiger partial charge in [-0.1, -0.05) is 6.92 Å². The largest absolute Gasteiger partial charge is 0.417 e. The topological polar surface area (TPSA) is 95.4 Å². The Morgan fingerprint density at radius 1 is 1.11 bits per heavy atom. The van der Waals surface area contributed by atoms with Crippen LogP contribution >= 0.6 is 0 Å². The number of fused-ring (bicyclic) bond motifs is 1. The summed E-state index contributed by atoms with van der Waals surface area (Å²) in [5.41, 5.74) is 2.25. The maximum Gasteiger partial charge on any atom is 0.417 e. The summed E-state index contributed by atoms with van der Waals surface area (Å²) in [7, 11) is -3.78. The van der Waals surface area contributed by atoms with Crippen molar-refractivity contribution in [2.45, 2.75) is 24.7 Å². The maximum absolute atomic E-state index is 12.6. The minimum Gasteiger partial charge on any atom is -0.408 e. The molecule has 2 N–H and O–H groups in total. The zero-order valence-corrected chi connectivity index (χ0v) is 15.8. The number of rotatable bonds is 4. The number of H-pyrrole nitrogens is 1. The number of piperidine rings is 1. The SMILES string of the molecule is CC1CCN(c2ccc(NS(=O)(=O)c3ccc4[nH]c(=O)oc4c3)cc2)CC1. The summed E-state index contributed by atoms with van der Waals surface area (Å²) in [6.45, 7) is 4.31. The Morgan fingerprint density at radius 2 is 1.81 bits per heavy atom. The summed E-state index contributed by atoms with van der Waals surface area (Å²) in [6.07, 6.45) is 2.35. The second-order valence-electron chi connectivity index (χ2n) is 6.99. The average Bonchev–Trinajstić information content (AvgIpc) is 3.02. The van der Waals surface area contributed by atoms with E-state index in [1.54, 1.807) is 12.1 Å². The Bertz CT molecular complexity index is 1110. The molecule has 0 spiro atoms. The van der Waals surface area contributed by atoms with Crippen LogP contribution in [-0.2, 0) is 10.0 Å². The van der Waals surface area contributed by atoms with Crippen molar-refractivity contribution in [3.63, 3.8) is 0 Å². The van der Waals surface area contributed by atoms with Gasteiger partial charge in [-0.3, -0.25) is 9.71 Å². The van der Waals surface area contributed by atoms with Crippen molar-refractivity contribution in [1.29, 1.82) is 0 Å². The van der Waals surface area contributed by atoms with E-state index in [2.05, 4.69) is 21.5 Å². The third-order valence-corrected chi connectivity index (χ3v) is 6.35. The standard InChI is InChI=1S/C19H21N3O4S/c1-13-8-10-22(11-9-13)15-4-2-14(3-5-15)21-27(24,25)16-6-7-17-18(12-16)26-19(23)20-17/h2-7,12-13,21H,8-11H2,1H3,(H,20,23). The Kier molecular flexibility index (Phi) is 4.43. The van der Waals surface area contributed by atoms with Gasteiger partial charge in [-0.15, -0.1) is 0 Å². The molecule has 1 saturated heterocycles. The first-order valence-electron chi connectivity index (χ1n) is 8.91. The van der Waals surface area contributed by atoms with Crippen molar-refractivity contribution in [1.82, 2.24) is 4.98 Å². The Morgan fingerprint density at radius 3 is 2.52 bits per heavy atom. The summed E-state index contributed by atoms with van der Waals surface area (Å²) >= 11 is 0. The van der Waals surface area contributed by atoms with E-state index < -0.39 is 15.8 Å². The molecular formula is C19H21N3O4S. The summed E-state index contributed by atoms with van der Waals surface area (Å²) in [6, 6.07) is 11.7. The molecule has 142 valence electrons. The van der Waals surface area contributed by atoms with Crippen LogP contribution in [0.5, 0.6) is 0 Å². The summed E-state index contributed by atoms with van der Waals surface area (Å²) in [5, 5.41) is 0. The number of hydrogen-bond acceptors (Lipinski definition) is 5. The first kappa shape index (κ1) is 17.7. The van der Waals surface area contributed by atoms with Crippen molar-refractivity contribution < 1.29 is 12.8 Å². The molecule has 0 amide bonds. The molecule has 8 heteroatoms. The van der Waals surface area contributed by atoms with Gasteiger partial charge in [-0.25, -0.2) is 13.2 Å². The highest BCUT2D eigenvalue weighted by atomic mass is 32.2. The van der Waals surface area contributed by atoms with Gasteiger partial charge in [0.25, 0.3) is 10.0 Å². The number of nitrogens with one attached hydrogen (secondary N) is 2. The maximum atomic E-state index is 12.6. The van der Waals surface area contributed by atoms with Gasteiger partial charge in [0.15, 0.2) is 5.58 Å². The molecule has 0 unspecified atom stereocenters. The first-order valence-corrected chi connectivity index (χ1v) is 10.4. The molecule has 3 aromatic rings. The lowest BCUT2D eigenvalue weighted by Crippen LogP contribution is -2.32. The summed E-state index contributed by atoms with van der Waals surface area (Å²) in [4.78, 5) is 16.1. The van der Waals surface area contributed by atoms with E-state index in [4.69, 9.17) is 4.42 Å². The molecule has 27 heavy (non-hydrogen) atoms. The van der Waals surface area contributed by atoms with Crippen LogP contribution in [0.15, 0.2) is 56.6 Å². The molecule has 0 atom stereocenters. The van der Waals surface area contributed by atoms with E-state index >= 15 is 0 Å². The molecule has 2 heterocycles. The average molecular weight is 387 g/mol. The van der Waals surface area contributed by atoms with Crippen LogP contribution in [0.3, 0.4) is 0 Å². The zero-order chi connectivity index (χ0) is 19.0. The molecule has 1 aliphatic heterocycles. The van der Waals surface area contributed by atoms with Gasteiger partial charge in [-0.2, -0.15) is 0 Å². The second-order valence-corrected chi connectivity index (χ2v) is 8.68. The number of nitrogens with zero attached hydrogens (tertiary/aromatic N) is 1. The number of anilines is 2. The highest BCUT2D eigenvalue weighted by molar-refractivity contribution is 7.92. The fourth-order valence-electron chi connectivity index (χ4n) is 3.31. The van der Waals surface area contributed by atoms with Crippen LogP contribution in [0, 0.1) is 5.92 Å². The van der Waals surface area contributed by atoms with Gasteiger partial charge in [0.2, 0.25) is 0 Å². The molecule has 0 bridgehead atoms. The Labute approximate surface area is 157 Å². The lowest BCUT2D eigenvalue weighted by atomic mass is 9.99. The minimum absolute atomic E-state index is 0.0341. The molecule has 1 aromatic heterocycles. The molecule has 7 nitrogen and oxygen atoms in total. The van der Waals surface area contributed by atoms with Crippen molar-refractivity contribution in [3.05, 3.63) is 53.0 Å². The molecule has 0 saturated carbocycles. The molecular weight excluding hydrogens is 366 g/mol. The lowest BCUT2D eigenvalue weighted by molar-refractivity contribution is 0.438. The van der Waals surface area contributed by atoms with Gasteiger partial charge < -0.3 is 9.32 Å². The number of oxazole rings is 1. The monoisotopic (exact) mass is 387 g/mol. The zero-order valence-electron chi connectivity index (χ0n) is 14.9. The van der Waals surface area contributed by atoms with Crippen LogP contribution in [0.1, 0.15) is 19.8 Å². The number of benzene rings is 2. The van der Waals surface area contributed by atoms with E-state index in [-0.39, 0.29) is 10.5 Å². The van der Waals surface area contributed by atoms with Crippen LogP contribution in [-0.4, -0.2) is 26.5 Å². The van der Waals surface area contributed by atoms with E-state index in [0.717, 1.165) is 24.7 Å². The third-order valence-electron chi connectivity index (χ3n) is 4.97. The molecule has 0 aliphatic carbocycles. The number of aromatic nitrogens is 1. The van der Waals surface area contributed by atoms with Crippen molar-refractivity contribution >= 4 is 32.5 Å². The quantitative estimate of drug-likeness (QED) is 0.717. The fourth-order valence-corrected chi connectivity index (χ4v) is 4.39. The smallest absolute Gasteiger partial charge is 0.408 e. The third kappa shape index (κ3) is 3.71. The van der Waals surface area contributed by atoms with Crippen molar-refractivity contribution in [3.8, 4) is 0 Å². The summed E-state index contributed by atoms with van der Waals surface area (Å²) in [5.74, 6) is 0.143. The molecule has 2 aromatic carbocycles. The predicted molar refractivity (Wildman–Crippen MR) is 105 cm³/mol. The summed E-state index contributed by atoms with van der Waals surface area (Å²) < 4.78 is 32.7. The van der Waals surface area contributed by atoms with Crippen molar-refractivity contribution in [2.24, 2.45) is 5.92 Å².